The summed E-state index contributed by atoms with van der Waals surface area (Å²) in [6, 6.07) is 8.34. The number of hydrogen-bond acceptors (Lipinski definition) is 2. The average molecular weight is 213 g/mol. The molecule has 0 aliphatic carbocycles. The summed E-state index contributed by atoms with van der Waals surface area (Å²) in [5.41, 5.74) is 2.83. The average Bonchev–Trinajstić information content (AvgIpc) is 2.54. The van der Waals surface area contributed by atoms with Gasteiger partial charge in [0.15, 0.2) is 5.69 Å². The monoisotopic (exact) mass is 213 g/mol. The van der Waals surface area contributed by atoms with Crippen LogP contribution in [0.1, 0.15) is 32.0 Å². The van der Waals surface area contributed by atoms with Crippen LogP contribution in [0.5, 0.6) is 0 Å². The SMILES string of the molecule is Cn1nc(C#N)c2cc(C(C)(C)C)ccc21. The summed E-state index contributed by atoms with van der Waals surface area (Å²) >= 11 is 0. The molecule has 0 radical (unpaired) electrons. The number of fused-ring (bicyclic) bond motifs is 1. The molecular formula is C13H15N3. The molecule has 0 aliphatic heterocycles. The van der Waals surface area contributed by atoms with Gasteiger partial charge < -0.3 is 0 Å². The lowest BCUT2D eigenvalue weighted by Gasteiger charge is -2.18. The Labute approximate surface area is 95.3 Å². The fourth-order valence-corrected chi connectivity index (χ4v) is 1.81. The van der Waals surface area contributed by atoms with E-state index in [1.54, 1.807) is 4.68 Å². The van der Waals surface area contributed by atoms with E-state index < -0.39 is 0 Å². The Morgan fingerprint density at radius 3 is 2.56 bits per heavy atom. The second kappa shape index (κ2) is 3.34. The highest BCUT2D eigenvalue weighted by Crippen LogP contribution is 2.27. The molecule has 3 nitrogen and oxygen atoms in total. The van der Waals surface area contributed by atoms with Gasteiger partial charge in [-0.1, -0.05) is 26.8 Å². The first kappa shape index (κ1) is 10.7. The number of benzene rings is 1. The standard InChI is InChI=1S/C13H15N3/c1-13(2,3)9-5-6-12-10(7-9)11(8-14)15-16(12)4/h5-7H,1-4H3. The lowest BCUT2D eigenvalue weighted by Crippen LogP contribution is -2.10. The van der Waals surface area contributed by atoms with Crippen molar-refractivity contribution >= 4 is 10.9 Å². The predicted octanol–water partition coefficient (Wildman–Crippen LogP) is 2.74. The second-order valence-corrected chi connectivity index (χ2v) is 5.07. The Hall–Kier alpha value is -1.82. The number of rotatable bonds is 0. The van der Waals surface area contributed by atoms with Crippen molar-refractivity contribution in [2.75, 3.05) is 0 Å². The van der Waals surface area contributed by atoms with E-state index in [0.717, 1.165) is 10.9 Å². The Morgan fingerprint density at radius 2 is 2.00 bits per heavy atom. The van der Waals surface area contributed by atoms with Crippen LogP contribution in [-0.2, 0) is 12.5 Å². The van der Waals surface area contributed by atoms with Gasteiger partial charge in [-0.3, -0.25) is 4.68 Å². The molecule has 0 spiro atoms. The third-order valence-corrected chi connectivity index (χ3v) is 2.82. The number of aryl methyl sites for hydroxylation is 1. The number of nitriles is 1. The molecule has 0 bridgehead atoms. The molecule has 1 heterocycles. The van der Waals surface area contributed by atoms with Crippen LogP contribution in [0.4, 0.5) is 0 Å². The highest BCUT2D eigenvalue weighted by Gasteiger charge is 2.16. The van der Waals surface area contributed by atoms with Gasteiger partial charge in [0.2, 0.25) is 0 Å². The van der Waals surface area contributed by atoms with E-state index >= 15 is 0 Å². The fraction of sp³-hybridized carbons (Fsp3) is 0.385. The molecule has 0 fully saturated rings. The van der Waals surface area contributed by atoms with Crippen molar-refractivity contribution in [2.45, 2.75) is 26.2 Å². The summed E-state index contributed by atoms with van der Waals surface area (Å²) in [7, 11) is 1.86. The van der Waals surface area contributed by atoms with E-state index in [1.807, 2.05) is 13.1 Å². The van der Waals surface area contributed by atoms with Gasteiger partial charge in [0.1, 0.15) is 6.07 Å². The van der Waals surface area contributed by atoms with Gasteiger partial charge in [0.25, 0.3) is 0 Å². The summed E-state index contributed by atoms with van der Waals surface area (Å²) < 4.78 is 1.75. The fourth-order valence-electron chi connectivity index (χ4n) is 1.81. The molecule has 2 aromatic rings. The lowest BCUT2D eigenvalue weighted by atomic mass is 9.86. The van der Waals surface area contributed by atoms with E-state index in [1.165, 1.54) is 5.56 Å². The van der Waals surface area contributed by atoms with Gasteiger partial charge in [-0.25, -0.2) is 0 Å². The second-order valence-electron chi connectivity index (χ2n) is 5.07. The maximum absolute atomic E-state index is 9.02. The van der Waals surface area contributed by atoms with Crippen molar-refractivity contribution in [2.24, 2.45) is 7.05 Å². The summed E-state index contributed by atoms with van der Waals surface area (Å²) in [5.74, 6) is 0. The molecule has 0 saturated heterocycles. The van der Waals surface area contributed by atoms with Crippen molar-refractivity contribution in [3.8, 4) is 6.07 Å². The van der Waals surface area contributed by atoms with Crippen LogP contribution < -0.4 is 0 Å². The summed E-state index contributed by atoms with van der Waals surface area (Å²) in [6.07, 6.45) is 0. The number of aromatic nitrogens is 2. The molecule has 16 heavy (non-hydrogen) atoms. The molecule has 1 aromatic carbocycles. The zero-order valence-electron chi connectivity index (χ0n) is 10.1. The third kappa shape index (κ3) is 1.57. The highest BCUT2D eigenvalue weighted by molar-refractivity contribution is 5.85. The minimum absolute atomic E-state index is 0.0940. The van der Waals surface area contributed by atoms with E-state index in [0.29, 0.717) is 5.69 Å². The quantitative estimate of drug-likeness (QED) is 0.675. The van der Waals surface area contributed by atoms with E-state index in [4.69, 9.17) is 5.26 Å². The summed E-state index contributed by atoms with van der Waals surface area (Å²) in [6.45, 7) is 6.49. The molecule has 82 valence electrons. The molecule has 0 unspecified atom stereocenters. The maximum Gasteiger partial charge on any atom is 0.170 e. The van der Waals surface area contributed by atoms with Crippen molar-refractivity contribution < 1.29 is 0 Å². The molecule has 0 saturated carbocycles. The third-order valence-electron chi connectivity index (χ3n) is 2.82. The minimum Gasteiger partial charge on any atom is -0.267 e. The van der Waals surface area contributed by atoms with Gasteiger partial charge >= 0.3 is 0 Å². The summed E-state index contributed by atoms with van der Waals surface area (Å²) in [4.78, 5) is 0. The Bertz CT molecular complexity index is 579. The van der Waals surface area contributed by atoms with Crippen LogP contribution in [0, 0.1) is 11.3 Å². The van der Waals surface area contributed by atoms with Crippen LogP contribution >= 0.6 is 0 Å². The van der Waals surface area contributed by atoms with Crippen molar-refractivity contribution in [3.05, 3.63) is 29.5 Å². The first-order chi connectivity index (χ1) is 7.43. The normalized spacial score (nSPS) is 11.7. The predicted molar refractivity (Wildman–Crippen MR) is 64.1 cm³/mol. The number of nitrogens with zero attached hydrogens (tertiary/aromatic N) is 3. The Kier molecular flexibility index (Phi) is 2.23. The smallest absolute Gasteiger partial charge is 0.170 e. The highest BCUT2D eigenvalue weighted by atomic mass is 15.3. The van der Waals surface area contributed by atoms with Gasteiger partial charge in [-0.05, 0) is 23.1 Å². The van der Waals surface area contributed by atoms with Crippen molar-refractivity contribution in [3.63, 3.8) is 0 Å². The molecule has 0 atom stereocenters. The molecule has 1 aromatic heterocycles. The van der Waals surface area contributed by atoms with E-state index in [2.05, 4.69) is 44.1 Å². The largest absolute Gasteiger partial charge is 0.267 e. The molecule has 0 aliphatic rings. The van der Waals surface area contributed by atoms with Crippen molar-refractivity contribution in [1.82, 2.24) is 9.78 Å². The van der Waals surface area contributed by atoms with E-state index in [9.17, 15) is 0 Å². The molecular weight excluding hydrogens is 198 g/mol. The van der Waals surface area contributed by atoms with E-state index in [-0.39, 0.29) is 5.41 Å². The van der Waals surface area contributed by atoms with Crippen LogP contribution in [0.3, 0.4) is 0 Å². The van der Waals surface area contributed by atoms with Crippen LogP contribution in [0.2, 0.25) is 0 Å². The minimum atomic E-state index is 0.0940. The summed E-state index contributed by atoms with van der Waals surface area (Å²) in [5, 5.41) is 14.1. The molecule has 3 heteroatoms. The van der Waals surface area contributed by atoms with Gasteiger partial charge in [0.05, 0.1) is 5.52 Å². The van der Waals surface area contributed by atoms with Gasteiger partial charge in [-0.15, -0.1) is 0 Å². The Morgan fingerprint density at radius 1 is 1.31 bits per heavy atom. The molecule has 0 amide bonds. The zero-order valence-corrected chi connectivity index (χ0v) is 10.1. The first-order valence-electron chi connectivity index (χ1n) is 5.31. The topological polar surface area (TPSA) is 41.6 Å². The Balaban J connectivity index is 2.76. The van der Waals surface area contributed by atoms with Gasteiger partial charge in [-0.2, -0.15) is 10.4 Å². The van der Waals surface area contributed by atoms with Crippen LogP contribution in [0.25, 0.3) is 10.9 Å². The molecule has 2 rings (SSSR count). The molecule has 0 N–H and O–H groups in total. The van der Waals surface area contributed by atoms with Crippen LogP contribution in [-0.4, -0.2) is 9.78 Å². The van der Waals surface area contributed by atoms with Gasteiger partial charge in [0, 0.05) is 12.4 Å². The van der Waals surface area contributed by atoms with Crippen LogP contribution in [0.15, 0.2) is 18.2 Å². The van der Waals surface area contributed by atoms with Crippen molar-refractivity contribution in [1.29, 1.82) is 5.26 Å². The lowest BCUT2D eigenvalue weighted by molar-refractivity contribution is 0.591. The number of hydrogen-bond donors (Lipinski definition) is 0. The first-order valence-corrected chi connectivity index (χ1v) is 5.31. The maximum atomic E-state index is 9.02. The zero-order chi connectivity index (χ0) is 11.9.